The lowest BCUT2D eigenvalue weighted by Gasteiger charge is -2.39. The fourth-order valence-electron chi connectivity index (χ4n) is 2.59. The third kappa shape index (κ3) is 2.97. The summed E-state index contributed by atoms with van der Waals surface area (Å²) in [6.45, 7) is 6.29. The van der Waals surface area contributed by atoms with E-state index in [1.807, 2.05) is 0 Å². The predicted octanol–water partition coefficient (Wildman–Crippen LogP) is 1.62. The van der Waals surface area contributed by atoms with Crippen molar-refractivity contribution in [3.05, 3.63) is 17.5 Å². The number of nitrogens with one attached hydrogen (secondary N) is 1. The summed E-state index contributed by atoms with van der Waals surface area (Å²) in [7, 11) is 0. The molecule has 0 aromatic carbocycles. The summed E-state index contributed by atoms with van der Waals surface area (Å²) in [6.07, 6.45) is 3.51. The summed E-state index contributed by atoms with van der Waals surface area (Å²) in [5, 5.41) is 6.79. The fourth-order valence-corrected chi connectivity index (χ4v) is 2.59. The van der Waals surface area contributed by atoms with Crippen molar-refractivity contribution in [3.63, 3.8) is 0 Å². The molecule has 0 radical (unpaired) electrons. The summed E-state index contributed by atoms with van der Waals surface area (Å²) >= 11 is 0. The molecule has 0 unspecified atom stereocenters. The minimum atomic E-state index is -0.107. The number of carbonyl (C=O) groups excluding carboxylic acids is 1. The van der Waals surface area contributed by atoms with Crippen LogP contribution in [-0.4, -0.2) is 42.1 Å². The first kappa shape index (κ1) is 12.7. The first-order valence-electron chi connectivity index (χ1n) is 7.23. The van der Waals surface area contributed by atoms with Crippen molar-refractivity contribution in [3.8, 4) is 0 Å². The molecule has 1 aromatic rings. The Morgan fingerprint density at radius 3 is 3.00 bits per heavy atom. The van der Waals surface area contributed by atoms with E-state index >= 15 is 0 Å². The molecule has 5 nitrogen and oxygen atoms in total. The van der Waals surface area contributed by atoms with Crippen LogP contribution in [0, 0.1) is 5.92 Å². The molecule has 1 N–H and O–H groups in total. The van der Waals surface area contributed by atoms with E-state index in [1.54, 1.807) is 6.07 Å². The number of carbonyl (C=O) groups is 1. The van der Waals surface area contributed by atoms with Gasteiger partial charge in [-0.25, -0.2) is 0 Å². The van der Waals surface area contributed by atoms with Gasteiger partial charge in [-0.3, -0.25) is 4.79 Å². The Bertz CT molecular complexity index is 447. The quantitative estimate of drug-likeness (QED) is 0.847. The topological polar surface area (TPSA) is 58.4 Å². The van der Waals surface area contributed by atoms with Gasteiger partial charge in [0, 0.05) is 37.5 Å². The van der Waals surface area contributed by atoms with E-state index < -0.39 is 0 Å². The van der Waals surface area contributed by atoms with Crippen LogP contribution in [0.2, 0.25) is 0 Å². The number of nitrogens with zero attached hydrogens (tertiary/aromatic N) is 2. The van der Waals surface area contributed by atoms with Gasteiger partial charge in [0.05, 0.1) is 0 Å². The number of likely N-dealkylation sites (tertiary alicyclic amines) is 1. The normalized spacial score (nSPS) is 20.3. The summed E-state index contributed by atoms with van der Waals surface area (Å²) < 4.78 is 5.19. The van der Waals surface area contributed by atoms with E-state index in [0.717, 1.165) is 38.2 Å². The number of hydrogen-bond acceptors (Lipinski definition) is 4. The van der Waals surface area contributed by atoms with Crippen molar-refractivity contribution in [2.24, 2.45) is 5.92 Å². The SMILES string of the molecule is CCCN1CC(CNC(=O)c2cc(C3CC3)on2)C1. The molecule has 1 amide bonds. The molecule has 2 fully saturated rings. The molecular weight excluding hydrogens is 242 g/mol. The van der Waals surface area contributed by atoms with Gasteiger partial charge in [-0.2, -0.15) is 0 Å². The third-order valence-electron chi connectivity index (χ3n) is 3.86. The van der Waals surface area contributed by atoms with Crippen LogP contribution in [0.5, 0.6) is 0 Å². The second kappa shape index (κ2) is 5.33. The van der Waals surface area contributed by atoms with E-state index in [4.69, 9.17) is 4.52 Å². The van der Waals surface area contributed by atoms with Crippen LogP contribution in [0.1, 0.15) is 48.4 Å². The minimum Gasteiger partial charge on any atom is -0.360 e. The molecule has 1 saturated carbocycles. The lowest BCUT2D eigenvalue weighted by molar-refractivity contribution is 0.0828. The number of amides is 1. The molecule has 104 valence electrons. The Morgan fingerprint density at radius 1 is 1.53 bits per heavy atom. The molecule has 0 spiro atoms. The van der Waals surface area contributed by atoms with E-state index in [0.29, 0.717) is 17.5 Å². The summed E-state index contributed by atoms with van der Waals surface area (Å²) in [6, 6.07) is 1.79. The molecule has 1 saturated heterocycles. The maximum atomic E-state index is 11.9. The Balaban J connectivity index is 1.41. The lowest BCUT2D eigenvalue weighted by Crippen LogP contribution is -2.51. The van der Waals surface area contributed by atoms with Crippen molar-refractivity contribution in [1.82, 2.24) is 15.4 Å². The van der Waals surface area contributed by atoms with E-state index in [-0.39, 0.29) is 5.91 Å². The molecule has 1 aliphatic heterocycles. The Labute approximate surface area is 113 Å². The molecule has 3 rings (SSSR count). The summed E-state index contributed by atoms with van der Waals surface area (Å²) in [5.41, 5.74) is 0.423. The second-order valence-electron chi connectivity index (χ2n) is 5.72. The van der Waals surface area contributed by atoms with Gasteiger partial charge in [0.1, 0.15) is 5.76 Å². The molecule has 1 aliphatic carbocycles. The Morgan fingerprint density at radius 2 is 2.32 bits per heavy atom. The molecule has 0 bridgehead atoms. The van der Waals surface area contributed by atoms with E-state index in [9.17, 15) is 4.79 Å². The van der Waals surface area contributed by atoms with Gasteiger partial charge in [-0.1, -0.05) is 12.1 Å². The van der Waals surface area contributed by atoms with Gasteiger partial charge in [0.2, 0.25) is 0 Å². The monoisotopic (exact) mass is 263 g/mol. The van der Waals surface area contributed by atoms with E-state index in [1.165, 1.54) is 13.0 Å². The zero-order valence-electron chi connectivity index (χ0n) is 11.4. The van der Waals surface area contributed by atoms with Gasteiger partial charge in [-0.05, 0) is 25.8 Å². The Hall–Kier alpha value is -1.36. The van der Waals surface area contributed by atoms with Crippen molar-refractivity contribution in [1.29, 1.82) is 0 Å². The van der Waals surface area contributed by atoms with Crippen molar-refractivity contribution < 1.29 is 9.32 Å². The number of rotatable bonds is 6. The largest absolute Gasteiger partial charge is 0.360 e. The zero-order valence-corrected chi connectivity index (χ0v) is 11.4. The molecule has 1 aromatic heterocycles. The van der Waals surface area contributed by atoms with Gasteiger partial charge < -0.3 is 14.7 Å². The molecule has 5 heteroatoms. The van der Waals surface area contributed by atoms with Gasteiger partial charge in [0.25, 0.3) is 5.91 Å². The van der Waals surface area contributed by atoms with Crippen LogP contribution in [0.25, 0.3) is 0 Å². The van der Waals surface area contributed by atoms with Crippen molar-refractivity contribution >= 4 is 5.91 Å². The van der Waals surface area contributed by atoms with Gasteiger partial charge >= 0.3 is 0 Å². The summed E-state index contributed by atoms with van der Waals surface area (Å²) in [5.74, 6) is 1.85. The zero-order chi connectivity index (χ0) is 13.2. The molecule has 19 heavy (non-hydrogen) atoms. The summed E-state index contributed by atoms with van der Waals surface area (Å²) in [4.78, 5) is 14.3. The first-order chi connectivity index (χ1) is 9.26. The number of hydrogen-bond donors (Lipinski definition) is 1. The average Bonchev–Trinajstić information content (AvgIpc) is 3.09. The van der Waals surface area contributed by atoms with Crippen LogP contribution in [0.15, 0.2) is 10.6 Å². The maximum absolute atomic E-state index is 11.9. The highest BCUT2D eigenvalue weighted by atomic mass is 16.5. The maximum Gasteiger partial charge on any atom is 0.273 e. The van der Waals surface area contributed by atoms with Crippen LogP contribution < -0.4 is 5.32 Å². The van der Waals surface area contributed by atoms with Crippen molar-refractivity contribution in [2.75, 3.05) is 26.2 Å². The predicted molar refractivity (Wildman–Crippen MR) is 71.0 cm³/mol. The molecule has 2 heterocycles. The first-order valence-corrected chi connectivity index (χ1v) is 7.23. The number of aromatic nitrogens is 1. The minimum absolute atomic E-state index is 0.107. The highest BCUT2D eigenvalue weighted by Crippen LogP contribution is 2.40. The van der Waals surface area contributed by atoms with Gasteiger partial charge in [0.15, 0.2) is 5.69 Å². The molecular formula is C14H21N3O2. The molecule has 2 aliphatic rings. The van der Waals surface area contributed by atoms with Crippen LogP contribution in [0.3, 0.4) is 0 Å². The van der Waals surface area contributed by atoms with Crippen LogP contribution in [0.4, 0.5) is 0 Å². The highest BCUT2D eigenvalue weighted by Gasteiger charge is 2.29. The molecule has 0 atom stereocenters. The van der Waals surface area contributed by atoms with Gasteiger partial charge in [-0.15, -0.1) is 0 Å². The smallest absolute Gasteiger partial charge is 0.273 e. The second-order valence-corrected chi connectivity index (χ2v) is 5.72. The lowest BCUT2D eigenvalue weighted by atomic mass is 10.00. The standard InChI is InChI=1S/C14H21N3O2/c1-2-5-17-8-10(9-17)7-15-14(18)12-6-13(19-16-12)11-3-4-11/h6,10-11H,2-5,7-9H2,1H3,(H,15,18). The average molecular weight is 263 g/mol. The third-order valence-corrected chi connectivity index (χ3v) is 3.86. The van der Waals surface area contributed by atoms with Crippen LogP contribution >= 0.6 is 0 Å². The van der Waals surface area contributed by atoms with Crippen molar-refractivity contribution in [2.45, 2.75) is 32.1 Å². The van der Waals surface area contributed by atoms with E-state index in [2.05, 4.69) is 22.3 Å². The fraction of sp³-hybridized carbons (Fsp3) is 0.714. The Kier molecular flexibility index (Phi) is 3.55. The highest BCUT2D eigenvalue weighted by molar-refractivity contribution is 5.92. The van der Waals surface area contributed by atoms with Crippen LogP contribution in [-0.2, 0) is 0 Å².